The first kappa shape index (κ1) is 24.3. The molecular formula is C26H44N2O4. The summed E-state index contributed by atoms with van der Waals surface area (Å²) in [5.74, 6) is 2.11. The molecule has 0 aromatic carbocycles. The predicted molar refractivity (Wildman–Crippen MR) is 125 cm³/mol. The highest BCUT2D eigenvalue weighted by atomic mass is 16.7. The normalized spacial score (nSPS) is 44.8. The molecule has 6 nitrogen and oxygen atoms in total. The summed E-state index contributed by atoms with van der Waals surface area (Å²) in [7, 11) is 0. The lowest BCUT2D eigenvalue weighted by atomic mass is 9.45. The first-order valence-corrected chi connectivity index (χ1v) is 12.8. The number of rotatable bonds is 10. The average molecular weight is 449 g/mol. The summed E-state index contributed by atoms with van der Waals surface area (Å²) in [6.07, 6.45) is 9.56. The van der Waals surface area contributed by atoms with Crippen molar-refractivity contribution in [3.63, 3.8) is 0 Å². The Bertz CT molecular complexity index is 735. The van der Waals surface area contributed by atoms with Crippen molar-refractivity contribution in [1.82, 2.24) is 10.4 Å². The molecule has 182 valence electrons. The van der Waals surface area contributed by atoms with Crippen LogP contribution in [0.15, 0.2) is 12.2 Å². The third-order valence-corrected chi connectivity index (χ3v) is 9.64. The van der Waals surface area contributed by atoms with Crippen LogP contribution in [0.4, 0.5) is 0 Å². The molecule has 3 N–H and O–H groups in total. The number of ketones is 1. The number of carbonyl (C=O) groups is 1. The van der Waals surface area contributed by atoms with E-state index in [2.05, 4.69) is 45.2 Å². The Morgan fingerprint density at radius 1 is 1.25 bits per heavy atom. The van der Waals surface area contributed by atoms with E-state index >= 15 is 0 Å². The van der Waals surface area contributed by atoms with E-state index in [1.807, 2.05) is 0 Å². The van der Waals surface area contributed by atoms with Crippen LogP contribution in [0, 0.1) is 28.6 Å². The van der Waals surface area contributed by atoms with Gasteiger partial charge in [-0.3, -0.25) is 9.63 Å². The Kier molecular flexibility index (Phi) is 6.67. The largest absolute Gasteiger partial charge is 0.394 e. The molecular weight excluding hydrogens is 404 g/mol. The van der Waals surface area contributed by atoms with Crippen molar-refractivity contribution < 1.29 is 19.8 Å². The van der Waals surface area contributed by atoms with Gasteiger partial charge in [0.1, 0.15) is 12.1 Å². The molecule has 4 unspecified atom stereocenters. The molecule has 0 aromatic rings. The summed E-state index contributed by atoms with van der Waals surface area (Å²) in [6.45, 7) is 11.7. The molecule has 1 aliphatic heterocycles. The number of aliphatic hydroxyl groups is 2. The number of nitrogens with one attached hydrogen (secondary N) is 1. The number of Topliss-reactive ketones (excluding diaryl/α,β-unsaturated/α-hetero) is 1. The zero-order valence-electron chi connectivity index (χ0n) is 20.6. The van der Waals surface area contributed by atoms with Crippen LogP contribution in [0.5, 0.6) is 0 Å². The number of hydrogen-bond acceptors (Lipinski definition) is 6. The first-order valence-electron chi connectivity index (χ1n) is 12.8. The lowest BCUT2D eigenvalue weighted by Crippen LogP contribution is -2.61. The number of nitrogens with zero attached hydrogens (tertiary/aromatic N) is 1. The molecule has 6 heteroatoms. The molecule has 4 aliphatic carbocycles. The molecule has 8 atom stereocenters. The number of hydrogen-bond donors (Lipinski definition) is 3. The third-order valence-electron chi connectivity index (χ3n) is 9.64. The lowest BCUT2D eigenvalue weighted by molar-refractivity contribution is -0.175. The Labute approximate surface area is 193 Å². The zero-order valence-corrected chi connectivity index (χ0v) is 20.6. The van der Waals surface area contributed by atoms with E-state index in [9.17, 15) is 15.0 Å². The highest BCUT2D eigenvalue weighted by molar-refractivity contribution is 5.88. The number of fused-ring (bicyclic) bond motifs is 2. The van der Waals surface area contributed by atoms with Gasteiger partial charge in [0.15, 0.2) is 5.78 Å². The number of carbonyl (C=O) groups excluding carboxylic acids is 1. The van der Waals surface area contributed by atoms with Crippen molar-refractivity contribution in [3.05, 3.63) is 12.2 Å². The van der Waals surface area contributed by atoms with Gasteiger partial charge in [-0.25, -0.2) is 0 Å². The number of allylic oxidation sites excluding steroid dienone is 2. The second kappa shape index (κ2) is 8.77. The van der Waals surface area contributed by atoms with E-state index in [-0.39, 0.29) is 12.4 Å². The second-order valence-electron chi connectivity index (χ2n) is 11.7. The number of aliphatic hydroxyl groups excluding tert-OH is 1. The highest BCUT2D eigenvalue weighted by Crippen LogP contribution is 2.66. The lowest BCUT2D eigenvalue weighted by Gasteiger charge is -2.62. The third kappa shape index (κ3) is 3.80. The maximum atomic E-state index is 13.6. The molecule has 5 fully saturated rings. The number of hydroxylamine groups is 2. The molecule has 5 aliphatic rings. The summed E-state index contributed by atoms with van der Waals surface area (Å²) in [5, 5.41) is 26.3. The minimum absolute atomic E-state index is 0.0773. The first-order chi connectivity index (χ1) is 15.1. The van der Waals surface area contributed by atoms with Crippen molar-refractivity contribution in [3.8, 4) is 0 Å². The maximum absolute atomic E-state index is 13.6. The molecule has 0 aromatic heterocycles. The predicted octanol–water partition coefficient (Wildman–Crippen LogP) is 3.08. The minimum atomic E-state index is -0.985. The summed E-state index contributed by atoms with van der Waals surface area (Å²) in [6, 6.07) is -0.142. The molecule has 32 heavy (non-hydrogen) atoms. The van der Waals surface area contributed by atoms with Crippen LogP contribution < -0.4 is 5.32 Å². The highest BCUT2D eigenvalue weighted by Gasteiger charge is 2.77. The molecule has 0 radical (unpaired) electrons. The Morgan fingerprint density at radius 2 is 1.97 bits per heavy atom. The van der Waals surface area contributed by atoms with Crippen LogP contribution >= 0.6 is 0 Å². The van der Waals surface area contributed by atoms with Gasteiger partial charge in [0.25, 0.3) is 0 Å². The monoisotopic (exact) mass is 448 g/mol. The van der Waals surface area contributed by atoms with Crippen molar-refractivity contribution in [2.75, 3.05) is 19.7 Å². The van der Waals surface area contributed by atoms with Crippen LogP contribution in [0.1, 0.15) is 73.1 Å². The maximum Gasteiger partial charge on any atom is 0.166 e. The smallest absolute Gasteiger partial charge is 0.166 e. The van der Waals surface area contributed by atoms with Crippen LogP contribution in [0.25, 0.3) is 0 Å². The van der Waals surface area contributed by atoms with Crippen molar-refractivity contribution in [1.29, 1.82) is 0 Å². The fourth-order valence-corrected chi connectivity index (χ4v) is 7.35. The summed E-state index contributed by atoms with van der Waals surface area (Å²) in [4.78, 5) is 19.7. The van der Waals surface area contributed by atoms with Crippen LogP contribution in [-0.4, -0.2) is 64.5 Å². The van der Waals surface area contributed by atoms with Gasteiger partial charge >= 0.3 is 0 Å². The van der Waals surface area contributed by atoms with Crippen LogP contribution in [0.2, 0.25) is 0 Å². The van der Waals surface area contributed by atoms with Gasteiger partial charge < -0.3 is 15.5 Å². The van der Waals surface area contributed by atoms with Crippen LogP contribution in [-0.2, 0) is 9.63 Å². The van der Waals surface area contributed by atoms with E-state index < -0.39 is 23.2 Å². The Morgan fingerprint density at radius 3 is 2.53 bits per heavy atom. The van der Waals surface area contributed by atoms with Gasteiger partial charge in [-0.15, -0.1) is 0 Å². The van der Waals surface area contributed by atoms with Gasteiger partial charge in [-0.05, 0) is 68.6 Å². The summed E-state index contributed by atoms with van der Waals surface area (Å²) >= 11 is 0. The van der Waals surface area contributed by atoms with Crippen molar-refractivity contribution in [2.24, 2.45) is 28.6 Å². The molecule has 2 bridgehead atoms. The van der Waals surface area contributed by atoms with Gasteiger partial charge in [0.05, 0.1) is 24.2 Å². The average Bonchev–Trinajstić information content (AvgIpc) is 3.16. The molecule has 0 amide bonds. The fourth-order valence-electron chi connectivity index (χ4n) is 7.35. The Balaban J connectivity index is 1.42. The van der Waals surface area contributed by atoms with E-state index in [1.54, 1.807) is 12.0 Å². The standard InChI is InChI=1S/C26H44N2O4/c1-6-7-8-9-10-11-28-23(26(16-25(26,5)31)22(15-29)32-28)21(30)14-27-20-13-18-12-19(17(20)2)24(18,3)4/h7-8,17-20,22-23,27,29,31H,6,9-16H2,1-5H3/b8-7-/t17?,18-,19+,20?,22+,23-,25?,26?/m1/s1. The molecule has 1 spiro atoms. The Hall–Kier alpha value is -0.790. The van der Waals surface area contributed by atoms with Crippen LogP contribution in [0.3, 0.4) is 0 Å². The zero-order chi connectivity index (χ0) is 23.3. The van der Waals surface area contributed by atoms with Gasteiger partial charge in [0, 0.05) is 12.6 Å². The van der Waals surface area contributed by atoms with E-state index in [0.29, 0.717) is 36.9 Å². The van der Waals surface area contributed by atoms with Crippen molar-refractivity contribution >= 4 is 5.78 Å². The van der Waals surface area contributed by atoms with Gasteiger partial charge in [-0.2, -0.15) is 5.06 Å². The number of unbranched alkanes of at least 4 members (excludes halogenated alkanes) is 1. The van der Waals surface area contributed by atoms with Gasteiger partial charge in [0.2, 0.25) is 0 Å². The van der Waals surface area contributed by atoms with Gasteiger partial charge in [-0.1, -0.05) is 39.8 Å². The van der Waals surface area contributed by atoms with E-state index in [4.69, 9.17) is 4.84 Å². The molecule has 5 rings (SSSR count). The topological polar surface area (TPSA) is 82.0 Å². The van der Waals surface area contributed by atoms with E-state index in [1.165, 1.54) is 6.42 Å². The summed E-state index contributed by atoms with van der Waals surface area (Å²) < 4.78 is 0. The second-order valence-corrected chi connectivity index (χ2v) is 11.7. The fraction of sp³-hybridized carbons (Fsp3) is 0.885. The molecule has 4 saturated carbocycles. The van der Waals surface area contributed by atoms with Crippen molar-refractivity contribution in [2.45, 2.75) is 96.9 Å². The summed E-state index contributed by atoms with van der Waals surface area (Å²) in [5.41, 5.74) is -1.27. The SMILES string of the molecule is CC/C=C\CCCN1O[C@@H](CO)C2(CC2(C)O)[C@H]1C(=O)CNC1C[C@H]2C[C@@H](C1C)C2(C)C. The van der Waals surface area contributed by atoms with E-state index in [0.717, 1.165) is 37.5 Å². The molecule has 1 heterocycles. The minimum Gasteiger partial charge on any atom is -0.394 e. The molecule has 1 saturated heterocycles. The quantitative estimate of drug-likeness (QED) is 0.352.